The van der Waals surface area contributed by atoms with Gasteiger partial charge in [-0.25, -0.2) is 0 Å². The van der Waals surface area contributed by atoms with Crippen LogP contribution in [0, 0.1) is 6.92 Å². The van der Waals surface area contributed by atoms with Gasteiger partial charge in [0, 0.05) is 14.3 Å². The third-order valence-electron chi connectivity index (χ3n) is 2.88. The fourth-order valence-corrected chi connectivity index (χ4v) is 3.42. The number of alkyl halides is 1. The maximum absolute atomic E-state index is 6.06. The van der Waals surface area contributed by atoms with Gasteiger partial charge in [-0.3, -0.25) is 0 Å². The molecule has 0 nitrogen and oxygen atoms in total. The minimum Gasteiger partial charge on any atom is -0.0843 e. The Morgan fingerprint density at radius 1 is 1.17 bits per heavy atom. The molecule has 0 radical (unpaired) electrons. The van der Waals surface area contributed by atoms with Gasteiger partial charge in [0.15, 0.2) is 0 Å². The van der Waals surface area contributed by atoms with E-state index in [-0.39, 0.29) is 4.83 Å². The lowest BCUT2D eigenvalue weighted by atomic mass is 10.0. The van der Waals surface area contributed by atoms with E-state index in [4.69, 9.17) is 11.6 Å². The minimum absolute atomic E-state index is 0.283. The van der Waals surface area contributed by atoms with Gasteiger partial charge < -0.3 is 0 Å². The van der Waals surface area contributed by atoms with Crippen molar-refractivity contribution >= 4 is 43.5 Å². The molecule has 0 aliphatic carbocycles. The zero-order valence-corrected chi connectivity index (χ0v) is 13.9. The molecule has 2 rings (SSSR count). The third-order valence-corrected chi connectivity index (χ3v) is 4.43. The molecule has 0 spiro atoms. The Kier molecular flexibility index (Phi) is 4.88. The van der Waals surface area contributed by atoms with Crippen LogP contribution in [0.3, 0.4) is 0 Å². The summed E-state index contributed by atoms with van der Waals surface area (Å²) in [5.74, 6) is 0. The Bertz CT molecular complexity index is 552. The van der Waals surface area contributed by atoms with Crippen molar-refractivity contribution in [1.82, 2.24) is 0 Å². The molecule has 0 aliphatic rings. The fraction of sp³-hybridized carbons (Fsp3) is 0.200. The van der Waals surface area contributed by atoms with Gasteiger partial charge in [0.1, 0.15) is 0 Å². The van der Waals surface area contributed by atoms with Crippen molar-refractivity contribution in [3.8, 4) is 0 Å². The van der Waals surface area contributed by atoms with E-state index < -0.39 is 0 Å². The lowest BCUT2D eigenvalue weighted by molar-refractivity contribution is 0.937. The van der Waals surface area contributed by atoms with E-state index in [0.29, 0.717) is 0 Å². The molecule has 2 aromatic rings. The van der Waals surface area contributed by atoms with E-state index in [0.717, 1.165) is 15.9 Å². The summed E-state index contributed by atoms with van der Waals surface area (Å²) in [6.07, 6.45) is 0.945. The van der Waals surface area contributed by atoms with Crippen LogP contribution in [0.4, 0.5) is 0 Å². The first-order valence-corrected chi connectivity index (χ1v) is 7.79. The molecular formula is C15H13Br2Cl. The Morgan fingerprint density at radius 2 is 1.94 bits per heavy atom. The van der Waals surface area contributed by atoms with Crippen molar-refractivity contribution in [2.24, 2.45) is 0 Å². The summed E-state index contributed by atoms with van der Waals surface area (Å²) in [7, 11) is 0. The number of aryl methyl sites for hydroxylation is 1. The molecular weight excluding hydrogens is 375 g/mol. The van der Waals surface area contributed by atoms with E-state index in [1.54, 1.807) is 0 Å². The fourth-order valence-electron chi connectivity index (χ4n) is 1.93. The second-order valence-electron chi connectivity index (χ2n) is 4.30. The SMILES string of the molecule is Cc1ccc(Cl)cc1C(Br)Cc1cccc(Br)c1. The van der Waals surface area contributed by atoms with Crippen LogP contribution in [0.2, 0.25) is 5.02 Å². The van der Waals surface area contributed by atoms with Crippen molar-refractivity contribution in [2.45, 2.75) is 18.2 Å². The standard InChI is InChI=1S/C15H13Br2Cl/c1-10-5-6-13(18)9-14(10)15(17)8-11-3-2-4-12(16)7-11/h2-7,9,15H,8H2,1H3. The first kappa shape index (κ1) is 14.1. The van der Waals surface area contributed by atoms with Gasteiger partial charge in [-0.2, -0.15) is 0 Å². The lowest BCUT2D eigenvalue weighted by Gasteiger charge is -2.14. The first-order chi connectivity index (χ1) is 8.56. The molecule has 18 heavy (non-hydrogen) atoms. The molecule has 1 unspecified atom stereocenters. The van der Waals surface area contributed by atoms with Crippen molar-refractivity contribution in [3.05, 3.63) is 68.7 Å². The Morgan fingerprint density at radius 3 is 2.67 bits per heavy atom. The lowest BCUT2D eigenvalue weighted by Crippen LogP contribution is -1.98. The molecule has 1 atom stereocenters. The van der Waals surface area contributed by atoms with Crippen LogP contribution in [0.15, 0.2) is 46.9 Å². The molecule has 0 heterocycles. The van der Waals surface area contributed by atoms with Crippen molar-refractivity contribution < 1.29 is 0 Å². The Labute approximate surface area is 130 Å². The quantitative estimate of drug-likeness (QED) is 0.558. The summed E-state index contributed by atoms with van der Waals surface area (Å²) in [6.45, 7) is 2.11. The van der Waals surface area contributed by atoms with Gasteiger partial charge in [0.2, 0.25) is 0 Å². The topological polar surface area (TPSA) is 0 Å². The van der Waals surface area contributed by atoms with Gasteiger partial charge in [0.05, 0.1) is 0 Å². The summed E-state index contributed by atoms with van der Waals surface area (Å²) in [5, 5.41) is 0.786. The monoisotopic (exact) mass is 386 g/mol. The molecule has 0 aromatic heterocycles. The van der Waals surface area contributed by atoms with Crippen LogP contribution < -0.4 is 0 Å². The highest BCUT2D eigenvalue weighted by molar-refractivity contribution is 9.10. The molecule has 0 amide bonds. The molecule has 3 heteroatoms. The highest BCUT2D eigenvalue weighted by atomic mass is 79.9. The molecule has 0 N–H and O–H groups in total. The normalized spacial score (nSPS) is 12.4. The summed E-state index contributed by atoms with van der Waals surface area (Å²) >= 11 is 13.3. The van der Waals surface area contributed by atoms with Crippen molar-refractivity contribution in [2.75, 3.05) is 0 Å². The van der Waals surface area contributed by atoms with Crippen LogP contribution >= 0.6 is 43.5 Å². The predicted octanol–water partition coefficient (Wildman–Crippen LogP) is 6.09. The highest BCUT2D eigenvalue weighted by Gasteiger charge is 2.11. The van der Waals surface area contributed by atoms with Crippen LogP contribution in [-0.4, -0.2) is 0 Å². The largest absolute Gasteiger partial charge is 0.0843 e. The van der Waals surface area contributed by atoms with E-state index in [2.05, 4.69) is 63.0 Å². The summed E-state index contributed by atoms with van der Waals surface area (Å²) in [6, 6.07) is 14.4. The average Bonchev–Trinajstić information content (AvgIpc) is 2.32. The van der Waals surface area contributed by atoms with Gasteiger partial charge in [0.25, 0.3) is 0 Å². The average molecular weight is 389 g/mol. The maximum Gasteiger partial charge on any atom is 0.0438 e. The summed E-state index contributed by atoms with van der Waals surface area (Å²) < 4.78 is 1.11. The van der Waals surface area contributed by atoms with Crippen molar-refractivity contribution in [1.29, 1.82) is 0 Å². The zero-order valence-electron chi connectivity index (χ0n) is 9.96. The number of hydrogen-bond donors (Lipinski definition) is 0. The Balaban J connectivity index is 2.21. The minimum atomic E-state index is 0.283. The zero-order chi connectivity index (χ0) is 13.1. The number of rotatable bonds is 3. The van der Waals surface area contributed by atoms with Gasteiger partial charge in [-0.1, -0.05) is 61.7 Å². The summed E-state index contributed by atoms with van der Waals surface area (Å²) in [5.41, 5.74) is 3.81. The van der Waals surface area contributed by atoms with E-state index >= 15 is 0 Å². The van der Waals surface area contributed by atoms with Crippen LogP contribution in [0.25, 0.3) is 0 Å². The second kappa shape index (κ2) is 6.23. The molecule has 0 bridgehead atoms. The molecule has 2 aromatic carbocycles. The van der Waals surface area contributed by atoms with E-state index in [1.165, 1.54) is 16.7 Å². The number of halogens is 3. The van der Waals surface area contributed by atoms with Gasteiger partial charge in [-0.15, -0.1) is 0 Å². The van der Waals surface area contributed by atoms with Crippen molar-refractivity contribution in [3.63, 3.8) is 0 Å². The Hall–Kier alpha value is -0.310. The van der Waals surface area contributed by atoms with Crippen LogP contribution in [0.1, 0.15) is 21.5 Å². The van der Waals surface area contributed by atoms with E-state index in [1.807, 2.05) is 18.2 Å². The first-order valence-electron chi connectivity index (χ1n) is 5.71. The third kappa shape index (κ3) is 3.59. The molecule has 0 fully saturated rings. The number of hydrogen-bond acceptors (Lipinski definition) is 0. The van der Waals surface area contributed by atoms with Gasteiger partial charge >= 0.3 is 0 Å². The van der Waals surface area contributed by atoms with Gasteiger partial charge in [-0.05, 0) is 54.3 Å². The second-order valence-corrected chi connectivity index (χ2v) is 6.76. The molecule has 94 valence electrons. The molecule has 0 aliphatic heterocycles. The van der Waals surface area contributed by atoms with Crippen LogP contribution in [0.5, 0.6) is 0 Å². The maximum atomic E-state index is 6.06. The number of benzene rings is 2. The molecule has 0 saturated carbocycles. The molecule has 0 saturated heterocycles. The predicted molar refractivity (Wildman–Crippen MR) is 85.7 cm³/mol. The smallest absolute Gasteiger partial charge is 0.0438 e. The van der Waals surface area contributed by atoms with E-state index in [9.17, 15) is 0 Å². The highest BCUT2D eigenvalue weighted by Crippen LogP contribution is 2.31. The summed E-state index contributed by atoms with van der Waals surface area (Å²) in [4.78, 5) is 0.283. The van der Waals surface area contributed by atoms with Crippen LogP contribution in [-0.2, 0) is 6.42 Å².